The number of fused-ring (bicyclic) bond motifs is 1. The Bertz CT molecular complexity index is 671. The van der Waals surface area contributed by atoms with Crippen LogP contribution < -0.4 is 5.56 Å². The zero-order valence-electron chi connectivity index (χ0n) is 11.3. The van der Waals surface area contributed by atoms with Gasteiger partial charge in [-0.15, -0.1) is 0 Å². The molecule has 2 heterocycles. The van der Waals surface area contributed by atoms with E-state index in [1.165, 1.54) is 6.07 Å². The average molecular weight is 271 g/mol. The van der Waals surface area contributed by atoms with Gasteiger partial charge in [0.25, 0.3) is 5.56 Å². The first-order valence-corrected chi connectivity index (χ1v) is 6.97. The molecule has 0 atom stereocenters. The van der Waals surface area contributed by atoms with Crippen LogP contribution >= 0.6 is 0 Å². The Morgan fingerprint density at radius 3 is 2.85 bits per heavy atom. The largest absolute Gasteiger partial charge is 0.337 e. The molecular formula is C15H17N3O2. The second-order valence-corrected chi connectivity index (χ2v) is 5.11. The van der Waals surface area contributed by atoms with Gasteiger partial charge in [0, 0.05) is 49.2 Å². The lowest BCUT2D eigenvalue weighted by atomic mass is 9.94. The average Bonchev–Trinajstić information content (AvgIpc) is 2.95. The number of imidazole rings is 1. The summed E-state index contributed by atoms with van der Waals surface area (Å²) in [6, 6.07) is 3.20. The number of Topliss-reactive ketones (excluding diaryl/α,β-unsaturated/α-hetero) is 1. The van der Waals surface area contributed by atoms with E-state index in [2.05, 4.69) is 4.98 Å². The molecule has 0 spiro atoms. The van der Waals surface area contributed by atoms with Gasteiger partial charge in [0.2, 0.25) is 0 Å². The molecule has 0 N–H and O–H groups in total. The van der Waals surface area contributed by atoms with Crippen molar-refractivity contribution in [3.8, 4) is 0 Å². The summed E-state index contributed by atoms with van der Waals surface area (Å²) in [6.07, 6.45) is 8.54. The molecule has 0 aromatic carbocycles. The monoisotopic (exact) mass is 271 g/mol. The fourth-order valence-corrected chi connectivity index (χ4v) is 2.77. The topological polar surface area (TPSA) is 56.9 Å². The van der Waals surface area contributed by atoms with Crippen LogP contribution in [0.1, 0.15) is 35.3 Å². The normalized spacial score (nSPS) is 14.3. The molecule has 0 fully saturated rings. The van der Waals surface area contributed by atoms with Crippen LogP contribution in [0.5, 0.6) is 0 Å². The number of ketones is 1. The first-order valence-electron chi connectivity index (χ1n) is 6.97. The summed E-state index contributed by atoms with van der Waals surface area (Å²) in [5.74, 6) is 0.162. The van der Waals surface area contributed by atoms with Gasteiger partial charge in [0.05, 0.1) is 6.33 Å². The molecule has 2 aromatic heterocycles. The Hall–Kier alpha value is -2.17. The minimum atomic E-state index is -0.0101. The lowest BCUT2D eigenvalue weighted by Gasteiger charge is -2.20. The van der Waals surface area contributed by atoms with E-state index in [-0.39, 0.29) is 11.3 Å². The highest BCUT2D eigenvalue weighted by Gasteiger charge is 2.20. The number of carbonyl (C=O) groups is 1. The van der Waals surface area contributed by atoms with Crippen LogP contribution in [0, 0.1) is 0 Å². The van der Waals surface area contributed by atoms with Crippen LogP contribution in [0.25, 0.3) is 0 Å². The van der Waals surface area contributed by atoms with Gasteiger partial charge in [0.1, 0.15) is 0 Å². The lowest BCUT2D eigenvalue weighted by Crippen LogP contribution is -2.28. The predicted octanol–water partition coefficient (Wildman–Crippen LogP) is 1.65. The second kappa shape index (κ2) is 5.45. The highest BCUT2D eigenvalue weighted by molar-refractivity contribution is 5.97. The van der Waals surface area contributed by atoms with Crippen LogP contribution in [0.3, 0.4) is 0 Å². The molecule has 5 nitrogen and oxygen atoms in total. The molecule has 0 saturated carbocycles. The smallest absolute Gasteiger partial charge is 0.250 e. The first kappa shape index (κ1) is 12.8. The van der Waals surface area contributed by atoms with Crippen molar-refractivity contribution < 1.29 is 4.79 Å². The molecule has 5 heteroatoms. The van der Waals surface area contributed by atoms with E-state index in [9.17, 15) is 9.59 Å². The van der Waals surface area contributed by atoms with Crippen molar-refractivity contribution in [3.05, 3.63) is 52.5 Å². The minimum absolute atomic E-state index is 0.0101. The molecule has 0 bridgehead atoms. The number of rotatable bonds is 4. The third-order valence-electron chi connectivity index (χ3n) is 3.77. The highest BCUT2D eigenvalue weighted by Crippen LogP contribution is 2.19. The predicted molar refractivity (Wildman–Crippen MR) is 74.8 cm³/mol. The lowest BCUT2D eigenvalue weighted by molar-refractivity contribution is 0.0970. The zero-order valence-corrected chi connectivity index (χ0v) is 11.3. The van der Waals surface area contributed by atoms with Crippen molar-refractivity contribution in [2.24, 2.45) is 0 Å². The van der Waals surface area contributed by atoms with Gasteiger partial charge in [-0.3, -0.25) is 9.59 Å². The number of nitrogens with zero attached hydrogens (tertiary/aromatic N) is 3. The minimum Gasteiger partial charge on any atom is -0.337 e. The van der Waals surface area contributed by atoms with Crippen molar-refractivity contribution in [1.29, 1.82) is 0 Å². The zero-order chi connectivity index (χ0) is 13.9. The molecule has 0 amide bonds. The van der Waals surface area contributed by atoms with Gasteiger partial charge in [-0.05, 0) is 25.3 Å². The molecular weight excluding hydrogens is 254 g/mol. The van der Waals surface area contributed by atoms with Crippen LogP contribution in [0.15, 0.2) is 35.6 Å². The van der Waals surface area contributed by atoms with Gasteiger partial charge in [0.15, 0.2) is 5.78 Å². The van der Waals surface area contributed by atoms with E-state index in [0.717, 1.165) is 37.1 Å². The molecule has 3 rings (SSSR count). The van der Waals surface area contributed by atoms with Crippen molar-refractivity contribution in [2.75, 3.05) is 0 Å². The van der Waals surface area contributed by atoms with E-state index in [0.29, 0.717) is 13.0 Å². The van der Waals surface area contributed by atoms with Crippen LogP contribution in [-0.2, 0) is 19.5 Å². The summed E-state index contributed by atoms with van der Waals surface area (Å²) < 4.78 is 3.76. The second-order valence-electron chi connectivity index (χ2n) is 5.11. The van der Waals surface area contributed by atoms with Crippen molar-refractivity contribution in [1.82, 2.24) is 14.1 Å². The van der Waals surface area contributed by atoms with E-state index >= 15 is 0 Å². The van der Waals surface area contributed by atoms with Gasteiger partial charge < -0.3 is 9.13 Å². The molecule has 1 aliphatic rings. The van der Waals surface area contributed by atoms with Crippen LogP contribution in [0.2, 0.25) is 0 Å². The number of pyridine rings is 1. The summed E-state index contributed by atoms with van der Waals surface area (Å²) in [6.45, 7) is 1.47. The highest BCUT2D eigenvalue weighted by atomic mass is 16.1. The summed E-state index contributed by atoms with van der Waals surface area (Å²) in [7, 11) is 0. The van der Waals surface area contributed by atoms with E-state index in [1.54, 1.807) is 23.2 Å². The Labute approximate surface area is 116 Å². The molecule has 1 aliphatic carbocycles. The van der Waals surface area contributed by atoms with E-state index < -0.39 is 0 Å². The van der Waals surface area contributed by atoms with Crippen molar-refractivity contribution >= 4 is 5.78 Å². The Kier molecular flexibility index (Phi) is 3.50. The maximum atomic E-state index is 12.0. The number of aryl methyl sites for hydroxylation is 1. The summed E-state index contributed by atoms with van der Waals surface area (Å²) in [5.41, 5.74) is 1.64. The number of carbonyl (C=O) groups excluding carboxylic acids is 1. The SMILES string of the molecule is O=C1CCCc2c1ccc(=O)n2CCCn1ccnc1. The third-order valence-corrected chi connectivity index (χ3v) is 3.77. The van der Waals surface area contributed by atoms with Crippen LogP contribution in [0.4, 0.5) is 0 Å². The first-order chi connectivity index (χ1) is 9.75. The van der Waals surface area contributed by atoms with Crippen LogP contribution in [-0.4, -0.2) is 19.9 Å². The summed E-state index contributed by atoms with van der Waals surface area (Å²) in [4.78, 5) is 27.9. The van der Waals surface area contributed by atoms with Gasteiger partial charge in [-0.2, -0.15) is 0 Å². The molecule has 0 aliphatic heterocycles. The van der Waals surface area contributed by atoms with Gasteiger partial charge in [-0.1, -0.05) is 0 Å². The molecule has 0 radical (unpaired) electrons. The van der Waals surface area contributed by atoms with Crippen molar-refractivity contribution in [2.45, 2.75) is 38.8 Å². The maximum absolute atomic E-state index is 12.0. The van der Waals surface area contributed by atoms with E-state index in [1.807, 2.05) is 10.8 Å². The van der Waals surface area contributed by atoms with Crippen molar-refractivity contribution in [3.63, 3.8) is 0 Å². The van der Waals surface area contributed by atoms with Gasteiger partial charge >= 0.3 is 0 Å². The molecule has 104 valence electrons. The van der Waals surface area contributed by atoms with Gasteiger partial charge in [-0.25, -0.2) is 4.98 Å². The number of hydrogen-bond acceptors (Lipinski definition) is 3. The fraction of sp³-hybridized carbons (Fsp3) is 0.400. The standard InChI is InChI=1S/C15H17N3O2/c19-14-4-1-3-13-12(14)5-6-15(20)18(13)9-2-8-17-10-7-16-11-17/h5-7,10-11H,1-4,8-9H2. The molecule has 2 aromatic rings. The quantitative estimate of drug-likeness (QED) is 0.849. The Morgan fingerprint density at radius 2 is 2.05 bits per heavy atom. The Morgan fingerprint density at radius 1 is 1.15 bits per heavy atom. The molecule has 0 saturated heterocycles. The number of aromatic nitrogens is 3. The fourth-order valence-electron chi connectivity index (χ4n) is 2.77. The third kappa shape index (κ3) is 2.43. The van der Waals surface area contributed by atoms with E-state index in [4.69, 9.17) is 0 Å². The summed E-state index contributed by atoms with van der Waals surface area (Å²) >= 11 is 0. The summed E-state index contributed by atoms with van der Waals surface area (Å²) in [5, 5.41) is 0. The number of hydrogen-bond donors (Lipinski definition) is 0. The Balaban J connectivity index is 1.80. The molecule has 0 unspecified atom stereocenters. The molecule has 20 heavy (non-hydrogen) atoms. The maximum Gasteiger partial charge on any atom is 0.250 e.